The summed E-state index contributed by atoms with van der Waals surface area (Å²) in [5.41, 5.74) is 3.31. The molecule has 0 radical (unpaired) electrons. The average molecular weight is 555 g/mol. The minimum absolute atomic E-state index is 0.110. The Balaban J connectivity index is 1.18. The van der Waals surface area contributed by atoms with Crippen molar-refractivity contribution in [1.82, 2.24) is 24.8 Å². The Morgan fingerprint density at radius 2 is 1.98 bits per heavy atom. The van der Waals surface area contributed by atoms with Crippen LogP contribution in [0, 0.1) is 11.6 Å². The zero-order valence-corrected chi connectivity index (χ0v) is 22.6. The maximum Gasteiger partial charge on any atom is 0.253 e. The third-order valence-electron chi connectivity index (χ3n) is 8.74. The lowest BCUT2D eigenvalue weighted by Crippen LogP contribution is -2.36. The number of benzene rings is 1. The van der Waals surface area contributed by atoms with E-state index in [-0.39, 0.29) is 29.2 Å². The van der Waals surface area contributed by atoms with Crippen LogP contribution in [0.3, 0.4) is 0 Å². The molecule has 4 aromatic rings. The van der Waals surface area contributed by atoms with Crippen molar-refractivity contribution in [2.24, 2.45) is 0 Å². The molecule has 2 aliphatic heterocycles. The van der Waals surface area contributed by atoms with Gasteiger partial charge in [-0.2, -0.15) is 0 Å². The molecule has 2 N–H and O–H groups in total. The molecule has 3 atom stereocenters. The van der Waals surface area contributed by atoms with Crippen LogP contribution in [0.5, 0.6) is 0 Å². The number of hydrogen-bond acceptors (Lipinski definition) is 5. The van der Waals surface area contributed by atoms with Crippen LogP contribution in [-0.2, 0) is 29.6 Å². The number of imidazole rings is 1. The smallest absolute Gasteiger partial charge is 0.253 e. The van der Waals surface area contributed by atoms with E-state index in [1.165, 1.54) is 12.3 Å². The van der Waals surface area contributed by atoms with Crippen molar-refractivity contribution in [2.75, 3.05) is 5.32 Å². The second-order valence-corrected chi connectivity index (χ2v) is 11.5. The lowest BCUT2D eigenvalue weighted by atomic mass is 9.80. The highest BCUT2D eigenvalue weighted by molar-refractivity contribution is 6.06. The average Bonchev–Trinajstić information content (AvgIpc) is 3.64. The Bertz CT molecular complexity index is 1730. The van der Waals surface area contributed by atoms with Crippen LogP contribution >= 0.6 is 0 Å². The number of pyridine rings is 2. The molecule has 0 bridgehead atoms. The van der Waals surface area contributed by atoms with E-state index in [1.54, 1.807) is 24.5 Å². The number of hydrogen-bond donors (Lipinski definition) is 2. The summed E-state index contributed by atoms with van der Waals surface area (Å²) in [6.45, 7) is 4.54. The van der Waals surface area contributed by atoms with Gasteiger partial charge < -0.3 is 15.2 Å². The molecule has 41 heavy (non-hydrogen) atoms. The van der Waals surface area contributed by atoms with Gasteiger partial charge in [0.15, 0.2) is 11.6 Å². The van der Waals surface area contributed by atoms with Gasteiger partial charge in [0.2, 0.25) is 5.91 Å². The van der Waals surface area contributed by atoms with Crippen molar-refractivity contribution in [1.29, 1.82) is 0 Å². The van der Waals surface area contributed by atoms with E-state index in [4.69, 9.17) is 0 Å². The van der Waals surface area contributed by atoms with Crippen molar-refractivity contribution in [3.05, 3.63) is 106 Å². The molecule has 0 saturated carbocycles. The molecule has 3 aliphatic rings. The highest BCUT2D eigenvalue weighted by Crippen LogP contribution is 2.46. The van der Waals surface area contributed by atoms with Crippen molar-refractivity contribution in [2.45, 2.75) is 62.9 Å². The maximum absolute atomic E-state index is 14.8. The summed E-state index contributed by atoms with van der Waals surface area (Å²) >= 11 is 0. The number of nitrogens with zero attached hydrogens (tertiary/aromatic N) is 4. The number of carbonyl (C=O) groups excluding carboxylic acids is 2. The highest BCUT2D eigenvalue weighted by Gasteiger charge is 2.51. The molecule has 1 aliphatic carbocycles. The first-order chi connectivity index (χ1) is 19.7. The monoisotopic (exact) mass is 554 g/mol. The van der Waals surface area contributed by atoms with Crippen molar-refractivity contribution >= 4 is 17.6 Å². The SMILES string of the molecule is CC(C)c1cnc2n1C[C@H](c1cccc(F)c1F)C[C@@H]2NC(=O)c1cnc2c(c1)CC1(C2)C(=O)Nc2ncccc21. The zero-order valence-electron chi connectivity index (χ0n) is 22.6. The van der Waals surface area contributed by atoms with Gasteiger partial charge in [-0.15, -0.1) is 0 Å². The molecule has 208 valence electrons. The van der Waals surface area contributed by atoms with Gasteiger partial charge in [0, 0.05) is 54.4 Å². The van der Waals surface area contributed by atoms with Gasteiger partial charge in [0.05, 0.1) is 17.0 Å². The van der Waals surface area contributed by atoms with Gasteiger partial charge in [-0.1, -0.05) is 32.0 Å². The Hall–Kier alpha value is -4.47. The summed E-state index contributed by atoms with van der Waals surface area (Å²) in [5, 5.41) is 5.97. The second kappa shape index (κ2) is 9.29. The summed E-state index contributed by atoms with van der Waals surface area (Å²) in [7, 11) is 0. The van der Waals surface area contributed by atoms with Crippen LogP contribution < -0.4 is 10.6 Å². The van der Waals surface area contributed by atoms with Crippen molar-refractivity contribution < 1.29 is 18.4 Å². The predicted molar refractivity (Wildman–Crippen MR) is 146 cm³/mol. The largest absolute Gasteiger partial charge is 0.342 e. The van der Waals surface area contributed by atoms with Gasteiger partial charge in [-0.3, -0.25) is 14.6 Å². The standard InChI is InChI=1S/C31H28F2N6O2/c1-16(2)25-14-36-28-23(10-19(15-39(25)28)20-5-3-7-22(32)26(20)33)37-29(40)18-9-17-11-31(12-24(17)35-13-18)21-6-4-8-34-27(21)38-30(31)41/h3-9,13-14,16,19,23H,10-12,15H2,1-2H3,(H,37,40)(H,34,38,41)/t19-,23+,31?/m1/s1. The summed E-state index contributed by atoms with van der Waals surface area (Å²) < 4.78 is 31.0. The van der Waals surface area contributed by atoms with Crippen LogP contribution in [0.1, 0.15) is 82.4 Å². The summed E-state index contributed by atoms with van der Waals surface area (Å²) in [6, 6.07) is 9.23. The molecule has 1 aromatic carbocycles. The molecular formula is C31H28F2N6O2. The van der Waals surface area contributed by atoms with E-state index in [0.717, 1.165) is 28.6 Å². The third-order valence-corrected chi connectivity index (χ3v) is 8.74. The molecule has 7 rings (SSSR count). The van der Waals surface area contributed by atoms with Crippen LogP contribution in [-0.4, -0.2) is 31.3 Å². The minimum Gasteiger partial charge on any atom is -0.342 e. The Morgan fingerprint density at radius 1 is 1.12 bits per heavy atom. The molecule has 2 amide bonds. The van der Waals surface area contributed by atoms with Crippen molar-refractivity contribution in [3.63, 3.8) is 0 Å². The summed E-state index contributed by atoms with van der Waals surface area (Å²) in [5.74, 6) is -1.14. The lowest BCUT2D eigenvalue weighted by molar-refractivity contribution is -0.120. The van der Waals surface area contributed by atoms with Gasteiger partial charge >= 0.3 is 0 Å². The van der Waals surface area contributed by atoms with Crippen LogP contribution in [0.15, 0.2) is 55.0 Å². The molecular weight excluding hydrogens is 526 g/mol. The minimum atomic E-state index is -0.889. The maximum atomic E-state index is 14.8. The molecule has 8 nitrogen and oxygen atoms in total. The summed E-state index contributed by atoms with van der Waals surface area (Å²) in [4.78, 5) is 40.1. The molecule has 0 fully saturated rings. The number of anilines is 1. The molecule has 5 heterocycles. The van der Waals surface area contributed by atoms with E-state index in [0.29, 0.717) is 43.0 Å². The number of nitrogens with one attached hydrogen (secondary N) is 2. The van der Waals surface area contributed by atoms with Crippen LogP contribution in [0.25, 0.3) is 0 Å². The first-order valence-corrected chi connectivity index (χ1v) is 13.8. The number of rotatable bonds is 4. The van der Waals surface area contributed by atoms with Crippen molar-refractivity contribution in [3.8, 4) is 0 Å². The first-order valence-electron chi connectivity index (χ1n) is 13.8. The topological polar surface area (TPSA) is 102 Å². The number of aromatic nitrogens is 4. The Labute approximate surface area is 235 Å². The van der Waals surface area contributed by atoms with E-state index < -0.39 is 23.1 Å². The van der Waals surface area contributed by atoms with Gasteiger partial charge in [0.1, 0.15) is 11.6 Å². The second-order valence-electron chi connectivity index (χ2n) is 11.5. The fourth-order valence-electron chi connectivity index (χ4n) is 6.69. The zero-order chi connectivity index (χ0) is 28.5. The number of amides is 2. The van der Waals surface area contributed by atoms with Gasteiger partial charge in [-0.25, -0.2) is 18.7 Å². The van der Waals surface area contributed by atoms with E-state index >= 15 is 0 Å². The van der Waals surface area contributed by atoms with Crippen LogP contribution in [0.2, 0.25) is 0 Å². The Morgan fingerprint density at radius 3 is 2.80 bits per heavy atom. The van der Waals surface area contributed by atoms with Gasteiger partial charge in [-0.05, 0) is 48.1 Å². The predicted octanol–water partition coefficient (Wildman–Crippen LogP) is 4.72. The lowest BCUT2D eigenvalue weighted by Gasteiger charge is -2.32. The molecule has 3 aromatic heterocycles. The quantitative estimate of drug-likeness (QED) is 0.380. The molecule has 10 heteroatoms. The van der Waals surface area contributed by atoms with E-state index in [1.807, 2.05) is 30.5 Å². The fraction of sp³-hybridized carbons (Fsp3) is 0.323. The highest BCUT2D eigenvalue weighted by atomic mass is 19.2. The summed E-state index contributed by atoms with van der Waals surface area (Å²) in [6.07, 6.45) is 6.20. The molecule has 1 spiro atoms. The molecule has 1 unspecified atom stereocenters. The normalized spacial score (nSPS) is 22.4. The fourth-order valence-corrected chi connectivity index (χ4v) is 6.69. The number of fused-ring (bicyclic) bond motifs is 4. The number of halogens is 2. The Kier molecular flexibility index (Phi) is 5.78. The van der Waals surface area contributed by atoms with Gasteiger partial charge in [0.25, 0.3) is 5.91 Å². The molecule has 0 saturated heterocycles. The van der Waals surface area contributed by atoms with Crippen LogP contribution in [0.4, 0.5) is 14.6 Å². The third kappa shape index (κ3) is 3.95. The number of carbonyl (C=O) groups is 2. The van der Waals surface area contributed by atoms with E-state index in [9.17, 15) is 18.4 Å². The van der Waals surface area contributed by atoms with E-state index in [2.05, 4.69) is 25.6 Å². The first kappa shape index (κ1) is 25.5.